The number of nitrogens with zero attached hydrogens (tertiary/aromatic N) is 1. The highest BCUT2D eigenvalue weighted by Gasteiger charge is 2.53. The Morgan fingerprint density at radius 2 is 1.86 bits per heavy atom. The first-order valence-electron chi connectivity index (χ1n) is 7.12. The molecular weight excluding hydrogens is 284 g/mol. The number of Topliss-reactive ketones (excluding diaryl/α,β-unsaturated/α-hetero) is 1. The Hall–Kier alpha value is -1.84. The van der Waals surface area contributed by atoms with Gasteiger partial charge in [-0.3, -0.25) is 4.79 Å². The molecule has 6 nitrogen and oxygen atoms in total. The second-order valence-electron chi connectivity index (χ2n) is 6.70. The molecule has 0 saturated carbocycles. The van der Waals surface area contributed by atoms with Gasteiger partial charge >= 0.3 is 0 Å². The van der Waals surface area contributed by atoms with Gasteiger partial charge < -0.3 is 19.9 Å². The number of nitriles is 1. The van der Waals surface area contributed by atoms with Gasteiger partial charge in [-0.2, -0.15) is 5.26 Å². The van der Waals surface area contributed by atoms with Crippen LogP contribution in [0, 0.1) is 22.2 Å². The average molecular weight is 306 g/mol. The zero-order valence-electron chi connectivity index (χ0n) is 13.6. The Kier molecular flexibility index (Phi) is 4.07. The average Bonchev–Trinajstić information content (AvgIpc) is 2.37. The van der Waals surface area contributed by atoms with E-state index >= 15 is 0 Å². The largest absolute Gasteiger partial charge is 0.444 e. The molecule has 0 bridgehead atoms. The van der Waals surface area contributed by atoms with Crippen LogP contribution in [0.5, 0.6) is 0 Å². The van der Waals surface area contributed by atoms with E-state index in [2.05, 4.69) is 6.07 Å². The Labute approximate surface area is 130 Å². The minimum Gasteiger partial charge on any atom is -0.444 e. The van der Waals surface area contributed by atoms with Gasteiger partial charge in [0, 0.05) is 32.6 Å². The van der Waals surface area contributed by atoms with Crippen LogP contribution in [0.1, 0.15) is 33.6 Å². The van der Waals surface area contributed by atoms with E-state index in [0.29, 0.717) is 24.2 Å². The minimum atomic E-state index is -1.08. The second kappa shape index (κ2) is 5.41. The molecule has 0 amide bonds. The minimum absolute atomic E-state index is 0.00773. The van der Waals surface area contributed by atoms with Crippen molar-refractivity contribution in [1.82, 2.24) is 0 Å². The Morgan fingerprint density at radius 1 is 1.27 bits per heavy atom. The van der Waals surface area contributed by atoms with Crippen molar-refractivity contribution in [2.24, 2.45) is 16.6 Å². The van der Waals surface area contributed by atoms with Crippen LogP contribution in [0.3, 0.4) is 0 Å². The molecule has 0 fully saturated rings. The third kappa shape index (κ3) is 2.31. The smallest absolute Gasteiger partial charge is 0.205 e. The maximum Gasteiger partial charge on any atom is 0.205 e. The number of allylic oxidation sites excluding steroid dienone is 1. The number of rotatable bonds is 3. The molecule has 2 N–H and O–H groups in total. The highest BCUT2D eigenvalue weighted by molar-refractivity contribution is 5.99. The van der Waals surface area contributed by atoms with Crippen molar-refractivity contribution < 1.29 is 19.0 Å². The Balaban J connectivity index is 2.68. The number of ketones is 1. The maximum absolute atomic E-state index is 12.7. The number of nitrogens with two attached hydrogens (primary N) is 1. The summed E-state index contributed by atoms with van der Waals surface area (Å²) in [5.41, 5.74) is 5.24. The predicted octanol–water partition coefficient (Wildman–Crippen LogP) is 1.98. The van der Waals surface area contributed by atoms with Gasteiger partial charge in [0.2, 0.25) is 5.88 Å². The van der Waals surface area contributed by atoms with E-state index in [1.165, 1.54) is 14.2 Å². The monoisotopic (exact) mass is 306 g/mol. The number of ether oxygens (including phenoxy) is 3. The van der Waals surface area contributed by atoms with Gasteiger partial charge in [-0.05, 0) is 12.3 Å². The predicted molar refractivity (Wildman–Crippen MR) is 78.9 cm³/mol. The summed E-state index contributed by atoms with van der Waals surface area (Å²) in [6.07, 6.45) is 0.145. The van der Waals surface area contributed by atoms with Crippen LogP contribution in [-0.2, 0) is 19.0 Å². The second-order valence-corrected chi connectivity index (χ2v) is 6.70. The fourth-order valence-electron chi connectivity index (χ4n) is 3.47. The lowest BCUT2D eigenvalue weighted by Crippen LogP contribution is -2.47. The van der Waals surface area contributed by atoms with Gasteiger partial charge in [-0.15, -0.1) is 0 Å². The summed E-state index contributed by atoms with van der Waals surface area (Å²) >= 11 is 0. The first-order valence-corrected chi connectivity index (χ1v) is 7.12. The molecule has 2 rings (SSSR count). The summed E-state index contributed by atoms with van der Waals surface area (Å²) in [7, 11) is 2.94. The summed E-state index contributed by atoms with van der Waals surface area (Å²) in [5.74, 6) is 0.459. The fourth-order valence-corrected chi connectivity index (χ4v) is 3.47. The zero-order valence-corrected chi connectivity index (χ0v) is 13.6. The molecule has 0 aromatic heterocycles. The van der Waals surface area contributed by atoms with Crippen molar-refractivity contribution in [3.63, 3.8) is 0 Å². The summed E-state index contributed by atoms with van der Waals surface area (Å²) in [4.78, 5) is 12.7. The molecule has 1 heterocycles. The quantitative estimate of drug-likeness (QED) is 0.801. The molecule has 2 aliphatic rings. The lowest BCUT2D eigenvalue weighted by molar-refractivity contribution is -0.157. The van der Waals surface area contributed by atoms with E-state index in [1.807, 2.05) is 13.8 Å². The molecular formula is C16H22N2O4. The molecule has 22 heavy (non-hydrogen) atoms. The summed E-state index contributed by atoms with van der Waals surface area (Å²) in [5, 5.41) is 9.50. The molecule has 6 heteroatoms. The maximum atomic E-state index is 12.7. The van der Waals surface area contributed by atoms with Gasteiger partial charge in [0.05, 0.1) is 5.41 Å². The van der Waals surface area contributed by atoms with Gasteiger partial charge in [-0.1, -0.05) is 13.8 Å². The standard InChI is InChI=1S/C16H22N2O4/c1-15(2)6-10(19)12-11(7-15)22-13(18)9(8-17)16(12,3)14(20-4)21-5/h14H,6-7,18H2,1-5H3. The SMILES string of the molecule is COC(OC)C1(C)C(C#N)=C(N)OC2=C1C(=O)CC(C)(C)C2. The lowest BCUT2D eigenvalue weighted by Gasteiger charge is -2.44. The van der Waals surface area contributed by atoms with Crippen LogP contribution in [0.15, 0.2) is 22.8 Å². The normalized spacial score (nSPS) is 27.6. The van der Waals surface area contributed by atoms with Crippen LogP contribution < -0.4 is 5.73 Å². The number of carbonyl (C=O) groups excluding carboxylic acids is 1. The molecule has 0 aromatic carbocycles. The van der Waals surface area contributed by atoms with Crippen molar-refractivity contribution in [1.29, 1.82) is 5.26 Å². The molecule has 1 unspecified atom stereocenters. The van der Waals surface area contributed by atoms with Gasteiger partial charge in [0.15, 0.2) is 12.1 Å². The van der Waals surface area contributed by atoms with Crippen LogP contribution in [0.4, 0.5) is 0 Å². The van der Waals surface area contributed by atoms with Crippen molar-refractivity contribution in [3.8, 4) is 6.07 Å². The molecule has 0 spiro atoms. The van der Waals surface area contributed by atoms with Crippen molar-refractivity contribution >= 4 is 5.78 Å². The Morgan fingerprint density at radius 3 is 2.36 bits per heavy atom. The molecule has 1 atom stereocenters. The van der Waals surface area contributed by atoms with E-state index in [9.17, 15) is 10.1 Å². The number of hydrogen-bond donors (Lipinski definition) is 1. The highest BCUT2D eigenvalue weighted by atomic mass is 16.7. The van der Waals surface area contributed by atoms with Gasteiger partial charge in [-0.25, -0.2) is 0 Å². The number of carbonyl (C=O) groups is 1. The van der Waals surface area contributed by atoms with Crippen molar-refractivity contribution in [2.45, 2.75) is 39.9 Å². The van der Waals surface area contributed by atoms with Crippen LogP contribution in [0.2, 0.25) is 0 Å². The Bertz CT molecular complexity index is 608. The third-order valence-corrected chi connectivity index (χ3v) is 4.37. The van der Waals surface area contributed by atoms with Gasteiger partial charge in [0.25, 0.3) is 0 Å². The topological polar surface area (TPSA) is 94.6 Å². The number of methoxy groups -OCH3 is 2. The van der Waals surface area contributed by atoms with Crippen LogP contribution in [0.25, 0.3) is 0 Å². The van der Waals surface area contributed by atoms with E-state index in [0.717, 1.165) is 0 Å². The summed E-state index contributed by atoms with van der Waals surface area (Å²) in [6.45, 7) is 5.74. The fraction of sp³-hybridized carbons (Fsp3) is 0.625. The van der Waals surface area contributed by atoms with Gasteiger partial charge in [0.1, 0.15) is 17.4 Å². The van der Waals surface area contributed by atoms with E-state index in [4.69, 9.17) is 19.9 Å². The molecule has 1 aliphatic carbocycles. The van der Waals surface area contributed by atoms with Crippen LogP contribution in [-0.4, -0.2) is 26.3 Å². The molecule has 1 aliphatic heterocycles. The zero-order chi connectivity index (χ0) is 16.7. The molecule has 0 saturated heterocycles. The molecule has 120 valence electrons. The third-order valence-electron chi connectivity index (χ3n) is 4.37. The van der Waals surface area contributed by atoms with E-state index in [1.54, 1.807) is 6.92 Å². The van der Waals surface area contributed by atoms with Crippen molar-refractivity contribution in [3.05, 3.63) is 22.8 Å². The first kappa shape index (κ1) is 16.5. The van der Waals surface area contributed by atoms with E-state index in [-0.39, 0.29) is 22.7 Å². The lowest BCUT2D eigenvalue weighted by atomic mass is 9.65. The molecule has 0 radical (unpaired) electrons. The first-order chi connectivity index (χ1) is 10.2. The molecule has 0 aromatic rings. The highest BCUT2D eigenvalue weighted by Crippen LogP contribution is 2.52. The summed E-state index contributed by atoms with van der Waals surface area (Å²) < 4.78 is 16.4. The summed E-state index contributed by atoms with van der Waals surface area (Å²) in [6, 6.07) is 2.05. The van der Waals surface area contributed by atoms with Crippen LogP contribution >= 0.6 is 0 Å². The van der Waals surface area contributed by atoms with E-state index < -0.39 is 11.7 Å². The van der Waals surface area contributed by atoms with Crippen molar-refractivity contribution in [2.75, 3.05) is 14.2 Å². The number of hydrogen-bond acceptors (Lipinski definition) is 6.